The maximum Gasteiger partial charge on any atom is 0.303 e. The third-order valence-electron chi connectivity index (χ3n) is 7.94. The summed E-state index contributed by atoms with van der Waals surface area (Å²) in [4.78, 5) is 40.1. The second-order valence-electron chi connectivity index (χ2n) is 11.7. The molecule has 0 aromatic carbocycles. The van der Waals surface area contributed by atoms with Crippen LogP contribution in [0.2, 0.25) is 0 Å². The van der Waals surface area contributed by atoms with Crippen LogP contribution < -0.4 is 0 Å². The van der Waals surface area contributed by atoms with Crippen LogP contribution in [-0.4, -0.2) is 33.9 Å². The first kappa shape index (κ1) is 31.3. The smallest absolute Gasteiger partial charge is 0.303 e. The van der Waals surface area contributed by atoms with E-state index in [1.165, 1.54) is 0 Å². The highest BCUT2D eigenvalue weighted by atomic mass is 16.5. The normalized spacial score (nSPS) is 24.8. The zero-order valence-corrected chi connectivity index (χ0v) is 24.4. The molecule has 0 aromatic rings. The van der Waals surface area contributed by atoms with Crippen molar-refractivity contribution in [2.75, 3.05) is 0 Å². The van der Waals surface area contributed by atoms with E-state index in [0.29, 0.717) is 24.8 Å². The molecule has 2 aliphatic rings. The maximum atomic E-state index is 14.5. The molecule has 1 aliphatic heterocycles. The first-order chi connectivity index (χ1) is 17.7. The van der Waals surface area contributed by atoms with Crippen LogP contribution in [0.5, 0.6) is 0 Å². The molecular weight excluding hydrogens is 480 g/mol. The number of aliphatic carboxylic acids is 1. The van der Waals surface area contributed by atoms with Crippen LogP contribution in [0.15, 0.2) is 58.1 Å². The lowest BCUT2D eigenvalue weighted by Gasteiger charge is -2.44. The number of hydrogen-bond donors (Lipinski definition) is 2. The van der Waals surface area contributed by atoms with Crippen LogP contribution >= 0.6 is 0 Å². The number of aliphatic hydroxyl groups excluding tert-OH is 1. The Morgan fingerprint density at radius 3 is 2.21 bits per heavy atom. The van der Waals surface area contributed by atoms with Crippen molar-refractivity contribution in [3.8, 4) is 0 Å². The van der Waals surface area contributed by atoms with Crippen LogP contribution in [0.4, 0.5) is 0 Å². The van der Waals surface area contributed by atoms with Crippen molar-refractivity contribution in [1.29, 1.82) is 0 Å². The van der Waals surface area contributed by atoms with Gasteiger partial charge in [-0.25, -0.2) is 0 Å². The Labute approximate surface area is 228 Å². The number of Topliss-reactive ketones (excluding diaryl/α,β-unsaturated/α-hetero) is 2. The Bertz CT molecular complexity index is 1090. The standard InChI is InChI=1S/C32H46O6/c1-10-11-23(16-25(33)34)26-29-27(28(35)21(8)22(9)38-29)31(37)32(30(26)36,15-14-19(4)5)17-24(20(6)7)13-12-18(2)3/h12,14,21-24,36H,6,10-11,13,15-17H2,1-5,7-9H3,(H,33,34)/t21-,22-,23?,24?,32?/m1/s1. The Morgan fingerprint density at radius 1 is 1.11 bits per heavy atom. The minimum atomic E-state index is -1.42. The molecule has 0 saturated carbocycles. The topological polar surface area (TPSA) is 101 Å². The van der Waals surface area contributed by atoms with Crippen molar-refractivity contribution >= 4 is 17.5 Å². The predicted octanol–water partition coefficient (Wildman–Crippen LogP) is 7.43. The molecule has 2 rings (SSSR count). The maximum absolute atomic E-state index is 14.5. The fourth-order valence-corrected chi connectivity index (χ4v) is 5.41. The third kappa shape index (κ3) is 6.57. The second kappa shape index (κ2) is 12.8. The van der Waals surface area contributed by atoms with Gasteiger partial charge < -0.3 is 14.9 Å². The molecule has 5 atom stereocenters. The molecule has 0 amide bonds. The quantitative estimate of drug-likeness (QED) is 0.202. The summed E-state index contributed by atoms with van der Waals surface area (Å²) >= 11 is 0. The molecule has 3 unspecified atom stereocenters. The second-order valence-corrected chi connectivity index (χ2v) is 11.7. The fraction of sp³-hybridized carbons (Fsp3) is 0.594. The van der Waals surface area contributed by atoms with E-state index in [4.69, 9.17) is 4.74 Å². The summed E-state index contributed by atoms with van der Waals surface area (Å²) in [5.41, 5.74) is 1.85. The summed E-state index contributed by atoms with van der Waals surface area (Å²) in [6.45, 7) is 19.4. The predicted molar refractivity (Wildman–Crippen MR) is 151 cm³/mol. The zero-order valence-electron chi connectivity index (χ0n) is 24.4. The van der Waals surface area contributed by atoms with E-state index in [1.807, 2.05) is 47.6 Å². The van der Waals surface area contributed by atoms with Gasteiger partial charge in [0.2, 0.25) is 0 Å². The van der Waals surface area contributed by atoms with Gasteiger partial charge in [0.05, 0.1) is 17.8 Å². The molecule has 0 radical (unpaired) electrons. The van der Waals surface area contributed by atoms with E-state index in [2.05, 4.69) is 12.7 Å². The van der Waals surface area contributed by atoms with Gasteiger partial charge in [0.1, 0.15) is 23.2 Å². The summed E-state index contributed by atoms with van der Waals surface area (Å²) in [5.74, 6) is -3.11. The van der Waals surface area contributed by atoms with Crippen LogP contribution in [0.25, 0.3) is 0 Å². The molecule has 6 nitrogen and oxygen atoms in total. The molecule has 1 heterocycles. The highest BCUT2D eigenvalue weighted by Gasteiger charge is 2.55. The van der Waals surface area contributed by atoms with E-state index in [-0.39, 0.29) is 48.1 Å². The van der Waals surface area contributed by atoms with Gasteiger partial charge in [-0.2, -0.15) is 0 Å². The summed E-state index contributed by atoms with van der Waals surface area (Å²) in [5, 5.41) is 21.9. The molecule has 0 bridgehead atoms. The average Bonchev–Trinajstić information content (AvgIpc) is 2.80. The number of rotatable bonds is 12. The number of aliphatic hydroxyl groups is 1. The molecule has 0 spiro atoms. The van der Waals surface area contributed by atoms with Gasteiger partial charge in [-0.3, -0.25) is 14.4 Å². The Kier molecular flexibility index (Phi) is 10.5. The molecule has 2 N–H and O–H groups in total. The van der Waals surface area contributed by atoms with Crippen molar-refractivity contribution in [2.24, 2.45) is 23.2 Å². The lowest BCUT2D eigenvalue weighted by molar-refractivity contribution is -0.137. The van der Waals surface area contributed by atoms with Crippen LogP contribution in [0.3, 0.4) is 0 Å². The van der Waals surface area contributed by atoms with Gasteiger partial charge in [0, 0.05) is 11.5 Å². The van der Waals surface area contributed by atoms with Crippen LogP contribution in [0, 0.1) is 23.2 Å². The van der Waals surface area contributed by atoms with Gasteiger partial charge >= 0.3 is 5.97 Å². The zero-order chi connectivity index (χ0) is 28.9. The summed E-state index contributed by atoms with van der Waals surface area (Å²) in [6, 6.07) is 0. The van der Waals surface area contributed by atoms with Crippen molar-refractivity contribution in [3.05, 3.63) is 58.1 Å². The number of carboxylic acid groups (broad SMARTS) is 1. The third-order valence-corrected chi connectivity index (χ3v) is 7.94. The van der Waals surface area contributed by atoms with Crippen LogP contribution in [0.1, 0.15) is 93.9 Å². The fourth-order valence-electron chi connectivity index (χ4n) is 5.41. The number of allylic oxidation sites excluding steroid dienone is 8. The molecule has 210 valence electrons. The van der Waals surface area contributed by atoms with E-state index in [1.54, 1.807) is 13.8 Å². The largest absolute Gasteiger partial charge is 0.511 e. The van der Waals surface area contributed by atoms with Crippen molar-refractivity contribution in [1.82, 2.24) is 0 Å². The van der Waals surface area contributed by atoms with E-state index < -0.39 is 35.1 Å². The Balaban J connectivity index is 2.94. The number of carbonyl (C=O) groups excluding carboxylic acids is 2. The summed E-state index contributed by atoms with van der Waals surface area (Å²) in [7, 11) is 0. The van der Waals surface area contributed by atoms with Gasteiger partial charge in [-0.05, 0) is 73.1 Å². The summed E-state index contributed by atoms with van der Waals surface area (Å²) < 4.78 is 6.17. The molecular formula is C32H46O6. The van der Waals surface area contributed by atoms with Gasteiger partial charge in [-0.1, -0.05) is 55.7 Å². The van der Waals surface area contributed by atoms with Gasteiger partial charge in [0.25, 0.3) is 0 Å². The van der Waals surface area contributed by atoms with Crippen molar-refractivity contribution in [2.45, 2.75) is 100 Å². The van der Waals surface area contributed by atoms with E-state index in [9.17, 15) is 24.6 Å². The highest BCUT2D eigenvalue weighted by molar-refractivity contribution is 6.25. The Morgan fingerprint density at radius 2 is 1.71 bits per heavy atom. The monoisotopic (exact) mass is 526 g/mol. The molecule has 0 saturated heterocycles. The van der Waals surface area contributed by atoms with Crippen molar-refractivity contribution in [3.63, 3.8) is 0 Å². The molecule has 1 aliphatic carbocycles. The van der Waals surface area contributed by atoms with Crippen LogP contribution in [-0.2, 0) is 19.1 Å². The lowest BCUT2D eigenvalue weighted by atomic mass is 9.61. The number of carbonyl (C=O) groups is 3. The van der Waals surface area contributed by atoms with Crippen molar-refractivity contribution < 1.29 is 29.3 Å². The first-order valence-electron chi connectivity index (χ1n) is 13.8. The minimum Gasteiger partial charge on any atom is -0.511 e. The average molecular weight is 527 g/mol. The molecule has 38 heavy (non-hydrogen) atoms. The highest BCUT2D eigenvalue weighted by Crippen LogP contribution is 2.53. The number of ether oxygens (including phenoxy) is 1. The molecule has 6 heteroatoms. The SMILES string of the molecule is C=C(C)C(CC=C(C)C)CC1(CC=C(C)C)C(=O)C2=C(O[C@H](C)[C@@H](C)C2=O)C(C(CCC)CC(=O)O)=C1O. The lowest BCUT2D eigenvalue weighted by Crippen LogP contribution is -2.47. The summed E-state index contributed by atoms with van der Waals surface area (Å²) in [6.07, 6.45) is 5.50. The minimum absolute atomic E-state index is 0.0280. The number of carboxylic acids is 1. The Hall–Kier alpha value is -2.89. The number of hydrogen-bond acceptors (Lipinski definition) is 5. The van der Waals surface area contributed by atoms with Gasteiger partial charge in [0.15, 0.2) is 11.6 Å². The van der Waals surface area contributed by atoms with E-state index in [0.717, 1.165) is 16.7 Å². The molecule has 0 aromatic heterocycles. The van der Waals surface area contributed by atoms with E-state index >= 15 is 0 Å². The molecule has 0 fully saturated rings. The van der Waals surface area contributed by atoms with Gasteiger partial charge in [-0.15, -0.1) is 0 Å². The first-order valence-corrected chi connectivity index (χ1v) is 13.8. The number of ketones is 2.